The second kappa shape index (κ2) is 6.44. The van der Waals surface area contributed by atoms with Gasteiger partial charge in [-0.25, -0.2) is 9.78 Å². The van der Waals surface area contributed by atoms with E-state index in [1.807, 2.05) is 0 Å². The molecule has 9 nitrogen and oxygen atoms in total. The highest BCUT2D eigenvalue weighted by Crippen LogP contribution is 2.10. The highest BCUT2D eigenvalue weighted by atomic mass is 32.1. The van der Waals surface area contributed by atoms with E-state index in [0.717, 1.165) is 0 Å². The van der Waals surface area contributed by atoms with Gasteiger partial charge in [0.15, 0.2) is 17.2 Å². The summed E-state index contributed by atoms with van der Waals surface area (Å²) in [6.07, 6.45) is 1.26. The van der Waals surface area contributed by atoms with Crippen LogP contribution in [0.25, 0.3) is 0 Å². The van der Waals surface area contributed by atoms with Gasteiger partial charge in [-0.1, -0.05) is 12.2 Å². The quantitative estimate of drug-likeness (QED) is 0.229. The van der Waals surface area contributed by atoms with Crippen molar-refractivity contribution in [1.82, 2.24) is 9.97 Å². The molecule has 1 amide bonds. The smallest absolute Gasteiger partial charge is 0.358 e. The van der Waals surface area contributed by atoms with E-state index in [1.54, 1.807) is 6.92 Å². The van der Waals surface area contributed by atoms with E-state index in [4.69, 9.17) is 16.2 Å². The number of imidazole rings is 1. The third kappa shape index (κ3) is 3.74. The maximum atomic E-state index is 11.5. The van der Waals surface area contributed by atoms with E-state index in [1.165, 1.54) is 6.33 Å². The van der Waals surface area contributed by atoms with Gasteiger partial charge in [0.2, 0.25) is 0 Å². The molecule has 0 spiro atoms. The third-order valence-electron chi connectivity index (χ3n) is 1.86. The van der Waals surface area contributed by atoms with Gasteiger partial charge in [-0.2, -0.15) is 5.10 Å². The third-order valence-corrected chi connectivity index (χ3v) is 2.05. The normalized spacial score (nSPS) is 10.9. The molecule has 0 saturated heterocycles. The maximum absolute atomic E-state index is 11.5. The van der Waals surface area contributed by atoms with Crippen molar-refractivity contribution in [2.24, 2.45) is 16.6 Å². The molecule has 0 bridgehead atoms. The van der Waals surface area contributed by atoms with Gasteiger partial charge >= 0.3 is 5.97 Å². The van der Waals surface area contributed by atoms with Gasteiger partial charge in [0.25, 0.3) is 5.91 Å². The number of primary amides is 1. The summed E-state index contributed by atoms with van der Waals surface area (Å²) in [6, 6.07) is 0. The van der Waals surface area contributed by atoms with Crippen LogP contribution in [0.2, 0.25) is 0 Å². The monoisotopic (exact) mass is 284 g/mol. The molecule has 1 rings (SSSR count). The van der Waals surface area contributed by atoms with Crippen LogP contribution in [0.1, 0.15) is 17.4 Å². The molecule has 0 aliphatic carbocycles. The van der Waals surface area contributed by atoms with Crippen LogP contribution in [0.15, 0.2) is 11.4 Å². The fourth-order valence-electron chi connectivity index (χ4n) is 1.08. The number of nitrogens with one attached hydrogen (secondary N) is 2. The summed E-state index contributed by atoms with van der Waals surface area (Å²) in [5.74, 6) is -1.45. The van der Waals surface area contributed by atoms with E-state index in [-0.39, 0.29) is 28.8 Å². The first-order valence-electron chi connectivity index (χ1n) is 5.11. The second-order valence-electron chi connectivity index (χ2n) is 3.15. The summed E-state index contributed by atoms with van der Waals surface area (Å²) in [5.41, 5.74) is 12.4. The molecular weight excluding hydrogens is 272 g/mol. The van der Waals surface area contributed by atoms with Crippen LogP contribution in [-0.2, 0) is 9.53 Å². The van der Waals surface area contributed by atoms with Crippen molar-refractivity contribution in [1.29, 1.82) is 0 Å². The lowest BCUT2D eigenvalue weighted by Crippen LogP contribution is -2.35. The molecule has 0 aliphatic heterocycles. The Morgan fingerprint density at radius 1 is 1.58 bits per heavy atom. The molecule has 0 fully saturated rings. The zero-order valence-electron chi connectivity index (χ0n) is 9.97. The lowest BCUT2D eigenvalue weighted by molar-refractivity contribution is -0.111. The molecule has 0 saturated carbocycles. The van der Waals surface area contributed by atoms with Gasteiger partial charge in [-0.05, 0) is 6.92 Å². The first-order valence-corrected chi connectivity index (χ1v) is 5.52. The predicted octanol–water partition coefficient (Wildman–Crippen LogP) is -0.874. The SMILES string of the molecule is CCOC(=O)c1[nH]cnc1N/N=C(\C(N)=O)C(N)=S. The molecule has 0 aliphatic rings. The Balaban J connectivity index is 2.92. The molecule has 0 aromatic carbocycles. The number of carbonyl (C=O) groups excluding carboxylic acids is 2. The van der Waals surface area contributed by atoms with Crippen LogP contribution in [-0.4, -0.2) is 39.2 Å². The predicted molar refractivity (Wildman–Crippen MR) is 71.6 cm³/mol. The summed E-state index contributed by atoms with van der Waals surface area (Å²) in [5, 5.41) is 3.60. The number of hydrogen-bond donors (Lipinski definition) is 4. The number of H-pyrrole nitrogens is 1. The zero-order valence-corrected chi connectivity index (χ0v) is 10.8. The highest BCUT2D eigenvalue weighted by Gasteiger charge is 2.16. The summed E-state index contributed by atoms with van der Waals surface area (Å²) in [4.78, 5) is 28.6. The Kier molecular flexibility index (Phi) is 4.94. The lowest BCUT2D eigenvalue weighted by atomic mass is 10.4. The molecule has 0 unspecified atom stereocenters. The Morgan fingerprint density at radius 3 is 2.79 bits per heavy atom. The van der Waals surface area contributed by atoms with Crippen LogP contribution in [0.3, 0.4) is 0 Å². The fraction of sp³-hybridized carbons (Fsp3) is 0.222. The number of anilines is 1. The van der Waals surface area contributed by atoms with E-state index in [9.17, 15) is 9.59 Å². The molecular formula is C9H12N6O3S. The van der Waals surface area contributed by atoms with Crippen LogP contribution in [0.5, 0.6) is 0 Å². The fourth-order valence-corrected chi connectivity index (χ4v) is 1.22. The molecule has 1 aromatic rings. The van der Waals surface area contributed by atoms with Gasteiger partial charge in [-0.3, -0.25) is 10.2 Å². The van der Waals surface area contributed by atoms with E-state index < -0.39 is 11.9 Å². The topological polar surface area (TPSA) is 148 Å². The molecule has 10 heteroatoms. The Hall–Kier alpha value is -2.49. The minimum absolute atomic E-state index is 0.0531. The number of nitrogens with two attached hydrogens (primary N) is 2. The number of aromatic nitrogens is 2. The first-order chi connectivity index (χ1) is 8.97. The summed E-state index contributed by atoms with van der Waals surface area (Å²) < 4.78 is 4.79. The van der Waals surface area contributed by atoms with Crippen molar-refractivity contribution in [3.63, 3.8) is 0 Å². The van der Waals surface area contributed by atoms with Crippen LogP contribution >= 0.6 is 12.2 Å². The minimum atomic E-state index is -0.895. The molecule has 0 atom stereocenters. The number of esters is 1. The van der Waals surface area contributed by atoms with Crippen molar-refractivity contribution < 1.29 is 14.3 Å². The lowest BCUT2D eigenvalue weighted by Gasteiger charge is -2.03. The van der Waals surface area contributed by atoms with Crippen LogP contribution in [0.4, 0.5) is 5.82 Å². The van der Waals surface area contributed by atoms with E-state index in [0.29, 0.717) is 0 Å². The van der Waals surface area contributed by atoms with Gasteiger partial charge in [0.1, 0.15) is 4.99 Å². The summed E-state index contributed by atoms with van der Waals surface area (Å²) in [7, 11) is 0. The number of ether oxygens (including phenoxy) is 1. The average Bonchev–Trinajstić information content (AvgIpc) is 2.77. The molecule has 0 radical (unpaired) electrons. The largest absolute Gasteiger partial charge is 0.461 e. The Morgan fingerprint density at radius 2 is 2.26 bits per heavy atom. The van der Waals surface area contributed by atoms with Crippen molar-refractivity contribution in [3.8, 4) is 0 Å². The second-order valence-corrected chi connectivity index (χ2v) is 3.59. The van der Waals surface area contributed by atoms with Crippen molar-refractivity contribution in [2.45, 2.75) is 6.92 Å². The Labute approximate surface area is 113 Å². The number of rotatable bonds is 6. The highest BCUT2D eigenvalue weighted by molar-refractivity contribution is 7.82. The van der Waals surface area contributed by atoms with Crippen LogP contribution in [0, 0.1) is 0 Å². The number of carbonyl (C=O) groups is 2. The molecule has 1 aromatic heterocycles. The van der Waals surface area contributed by atoms with Crippen molar-refractivity contribution >= 4 is 40.6 Å². The first kappa shape index (κ1) is 14.6. The molecule has 19 heavy (non-hydrogen) atoms. The molecule has 102 valence electrons. The van der Waals surface area contributed by atoms with Gasteiger partial charge in [-0.15, -0.1) is 0 Å². The standard InChI is InChI=1S/C9H12N6O3S/c1-2-18-9(17)5-8(13-3-12-5)15-14-4(6(10)16)7(11)19/h3,15H,2H2,1H3,(H2,10,16)(H2,11,19)(H,12,13)/b14-4+. The number of thiocarbonyl (C=S) groups is 1. The average molecular weight is 284 g/mol. The van der Waals surface area contributed by atoms with Gasteiger partial charge < -0.3 is 21.2 Å². The van der Waals surface area contributed by atoms with Crippen molar-refractivity contribution in [2.75, 3.05) is 12.0 Å². The minimum Gasteiger partial charge on any atom is -0.461 e. The van der Waals surface area contributed by atoms with Crippen LogP contribution < -0.4 is 16.9 Å². The van der Waals surface area contributed by atoms with Gasteiger partial charge in [0.05, 0.1) is 12.9 Å². The number of nitrogens with zero attached hydrogens (tertiary/aromatic N) is 2. The van der Waals surface area contributed by atoms with Gasteiger partial charge in [0, 0.05) is 0 Å². The van der Waals surface area contributed by atoms with Crippen molar-refractivity contribution in [3.05, 3.63) is 12.0 Å². The Bertz CT molecular complexity index is 522. The van der Waals surface area contributed by atoms with E-state index >= 15 is 0 Å². The molecule has 1 heterocycles. The summed E-state index contributed by atoms with van der Waals surface area (Å²) >= 11 is 4.60. The molecule has 6 N–H and O–H groups in total. The summed E-state index contributed by atoms with van der Waals surface area (Å²) in [6.45, 7) is 1.87. The zero-order chi connectivity index (χ0) is 14.4. The number of hydrazone groups is 1. The van der Waals surface area contributed by atoms with E-state index in [2.05, 4.69) is 32.7 Å². The maximum Gasteiger partial charge on any atom is 0.358 e. The number of aromatic amines is 1. The number of amides is 1. The number of hydrogen-bond acceptors (Lipinski definition) is 7.